The number of benzene rings is 1. The molecule has 0 radical (unpaired) electrons. The van der Waals surface area contributed by atoms with Crippen molar-refractivity contribution in [3.05, 3.63) is 30.0 Å². The van der Waals surface area contributed by atoms with Crippen LogP contribution in [0.1, 0.15) is 23.2 Å². The Labute approximate surface area is 116 Å². The number of H-pyrrole nitrogens is 1. The molecule has 2 heterocycles. The number of rotatable bonds is 2. The lowest BCUT2D eigenvalue weighted by Gasteiger charge is -2.23. The molecule has 2 amide bonds. The van der Waals surface area contributed by atoms with Gasteiger partial charge in [0.1, 0.15) is 6.04 Å². The molecule has 6 nitrogen and oxygen atoms in total. The van der Waals surface area contributed by atoms with Gasteiger partial charge < -0.3 is 10.2 Å². The minimum atomic E-state index is -0.354. The summed E-state index contributed by atoms with van der Waals surface area (Å²) in [6.45, 7) is 0.625. The molecule has 1 atom stereocenters. The highest BCUT2D eigenvalue weighted by molar-refractivity contribution is 6.00. The van der Waals surface area contributed by atoms with Crippen LogP contribution in [-0.2, 0) is 4.79 Å². The number of fused-ring (bicyclic) bond motifs is 1. The zero-order valence-electron chi connectivity index (χ0n) is 11.2. The van der Waals surface area contributed by atoms with Gasteiger partial charge >= 0.3 is 0 Å². The van der Waals surface area contributed by atoms with E-state index in [4.69, 9.17) is 0 Å². The lowest BCUT2D eigenvalue weighted by atomic mass is 10.1. The number of likely N-dealkylation sites (tertiary alicyclic amines) is 1. The summed E-state index contributed by atoms with van der Waals surface area (Å²) in [4.78, 5) is 26.0. The number of nitrogens with zero attached hydrogens (tertiary/aromatic N) is 2. The van der Waals surface area contributed by atoms with Gasteiger partial charge in [-0.3, -0.25) is 14.7 Å². The van der Waals surface area contributed by atoms with E-state index in [1.54, 1.807) is 30.3 Å². The molecule has 1 aromatic heterocycles. The number of hydrogen-bond acceptors (Lipinski definition) is 3. The van der Waals surface area contributed by atoms with Crippen molar-refractivity contribution in [3.63, 3.8) is 0 Å². The van der Waals surface area contributed by atoms with Gasteiger partial charge in [-0.2, -0.15) is 5.10 Å². The molecule has 1 aromatic carbocycles. The Morgan fingerprint density at radius 1 is 1.45 bits per heavy atom. The standard InChI is InChI=1S/C14H16N4O2/c1-15-13(19)12-3-2-6-18(12)14(20)9-4-5-11-10(7-9)8-16-17-11/h4-5,7-8,12H,2-3,6H2,1H3,(H,15,19)(H,16,17). The molecule has 2 N–H and O–H groups in total. The Kier molecular flexibility index (Phi) is 3.14. The average Bonchev–Trinajstić information content (AvgIpc) is 3.13. The van der Waals surface area contributed by atoms with Crippen LogP contribution in [0.5, 0.6) is 0 Å². The van der Waals surface area contributed by atoms with Crippen LogP contribution < -0.4 is 5.32 Å². The first kappa shape index (κ1) is 12.7. The zero-order chi connectivity index (χ0) is 14.1. The van der Waals surface area contributed by atoms with Gasteiger partial charge in [-0.1, -0.05) is 0 Å². The molecule has 1 unspecified atom stereocenters. The molecular formula is C14H16N4O2. The Bertz CT molecular complexity index is 664. The van der Waals surface area contributed by atoms with Crippen LogP contribution in [0.2, 0.25) is 0 Å². The van der Waals surface area contributed by atoms with Crippen LogP contribution in [-0.4, -0.2) is 46.5 Å². The van der Waals surface area contributed by atoms with Gasteiger partial charge in [0.2, 0.25) is 5.91 Å². The monoisotopic (exact) mass is 272 g/mol. The molecule has 0 bridgehead atoms. The number of nitrogens with one attached hydrogen (secondary N) is 2. The first-order chi connectivity index (χ1) is 9.70. The summed E-state index contributed by atoms with van der Waals surface area (Å²) in [7, 11) is 1.60. The smallest absolute Gasteiger partial charge is 0.254 e. The molecule has 6 heteroatoms. The van der Waals surface area contributed by atoms with Crippen LogP contribution in [0.15, 0.2) is 24.4 Å². The molecular weight excluding hydrogens is 256 g/mol. The summed E-state index contributed by atoms with van der Waals surface area (Å²) in [5.74, 6) is -0.195. The Morgan fingerprint density at radius 3 is 3.10 bits per heavy atom. The second kappa shape index (κ2) is 4.96. The molecule has 2 aromatic rings. The van der Waals surface area contributed by atoms with Crippen molar-refractivity contribution >= 4 is 22.7 Å². The third-order valence-electron chi connectivity index (χ3n) is 3.75. The van der Waals surface area contributed by atoms with Crippen molar-refractivity contribution in [2.75, 3.05) is 13.6 Å². The van der Waals surface area contributed by atoms with E-state index in [1.165, 1.54) is 0 Å². The molecule has 104 valence electrons. The van der Waals surface area contributed by atoms with E-state index < -0.39 is 0 Å². The maximum absolute atomic E-state index is 12.6. The number of hydrogen-bond donors (Lipinski definition) is 2. The van der Waals surface area contributed by atoms with Crippen molar-refractivity contribution in [2.24, 2.45) is 0 Å². The van der Waals surface area contributed by atoms with Gasteiger partial charge in [0.15, 0.2) is 0 Å². The van der Waals surface area contributed by atoms with Crippen molar-refractivity contribution in [3.8, 4) is 0 Å². The van der Waals surface area contributed by atoms with E-state index in [2.05, 4.69) is 15.5 Å². The molecule has 1 aliphatic rings. The Balaban J connectivity index is 1.89. The molecule has 0 spiro atoms. The van der Waals surface area contributed by atoms with Crippen LogP contribution in [0, 0.1) is 0 Å². The van der Waals surface area contributed by atoms with E-state index in [1.807, 2.05) is 6.07 Å². The lowest BCUT2D eigenvalue weighted by Crippen LogP contribution is -2.44. The van der Waals surface area contributed by atoms with Crippen LogP contribution in [0.3, 0.4) is 0 Å². The van der Waals surface area contributed by atoms with Crippen LogP contribution >= 0.6 is 0 Å². The maximum atomic E-state index is 12.6. The largest absolute Gasteiger partial charge is 0.357 e. The van der Waals surface area contributed by atoms with E-state index in [9.17, 15) is 9.59 Å². The van der Waals surface area contributed by atoms with Crippen LogP contribution in [0.25, 0.3) is 10.9 Å². The SMILES string of the molecule is CNC(=O)C1CCCN1C(=O)c1ccc2[nH]ncc2c1. The summed E-state index contributed by atoms with van der Waals surface area (Å²) >= 11 is 0. The third-order valence-corrected chi connectivity index (χ3v) is 3.75. The van der Waals surface area contributed by atoms with Crippen molar-refractivity contribution < 1.29 is 9.59 Å². The quantitative estimate of drug-likeness (QED) is 0.853. The maximum Gasteiger partial charge on any atom is 0.254 e. The fraction of sp³-hybridized carbons (Fsp3) is 0.357. The lowest BCUT2D eigenvalue weighted by molar-refractivity contribution is -0.124. The molecule has 20 heavy (non-hydrogen) atoms. The number of aromatic amines is 1. The van der Waals surface area contributed by atoms with E-state index in [-0.39, 0.29) is 17.9 Å². The normalized spacial score (nSPS) is 18.4. The molecule has 0 saturated carbocycles. The predicted molar refractivity (Wildman–Crippen MR) is 74.2 cm³/mol. The van der Waals surface area contributed by atoms with Crippen LogP contribution in [0.4, 0.5) is 0 Å². The number of carbonyl (C=O) groups excluding carboxylic acids is 2. The predicted octanol–water partition coefficient (Wildman–Crippen LogP) is 0.913. The average molecular weight is 272 g/mol. The topological polar surface area (TPSA) is 78.1 Å². The van der Waals surface area contributed by atoms with Gasteiger partial charge in [0.05, 0.1) is 11.7 Å². The number of aromatic nitrogens is 2. The Hall–Kier alpha value is -2.37. The van der Waals surface area contributed by atoms with E-state index in [0.29, 0.717) is 12.1 Å². The van der Waals surface area contributed by atoms with Crippen molar-refractivity contribution in [1.82, 2.24) is 20.4 Å². The molecule has 1 aliphatic heterocycles. The minimum absolute atomic E-state index is 0.0970. The number of carbonyl (C=O) groups is 2. The fourth-order valence-electron chi connectivity index (χ4n) is 2.69. The summed E-state index contributed by atoms with van der Waals surface area (Å²) < 4.78 is 0. The van der Waals surface area contributed by atoms with Gasteiger partial charge in [-0.25, -0.2) is 0 Å². The second-order valence-electron chi connectivity index (χ2n) is 4.94. The van der Waals surface area contributed by atoms with Crippen molar-refractivity contribution in [2.45, 2.75) is 18.9 Å². The highest BCUT2D eigenvalue weighted by Gasteiger charge is 2.33. The molecule has 3 rings (SSSR count). The highest BCUT2D eigenvalue weighted by Crippen LogP contribution is 2.22. The van der Waals surface area contributed by atoms with Crippen molar-refractivity contribution in [1.29, 1.82) is 0 Å². The van der Waals surface area contributed by atoms with Gasteiger partial charge in [0.25, 0.3) is 5.91 Å². The van der Waals surface area contributed by atoms with E-state index in [0.717, 1.165) is 23.7 Å². The zero-order valence-corrected chi connectivity index (χ0v) is 11.2. The van der Waals surface area contributed by atoms with Gasteiger partial charge in [-0.15, -0.1) is 0 Å². The highest BCUT2D eigenvalue weighted by atomic mass is 16.2. The molecule has 0 aliphatic carbocycles. The summed E-state index contributed by atoms with van der Waals surface area (Å²) in [5.41, 5.74) is 1.49. The second-order valence-corrected chi connectivity index (χ2v) is 4.94. The molecule has 1 saturated heterocycles. The summed E-state index contributed by atoms with van der Waals surface area (Å²) in [6.07, 6.45) is 3.27. The number of amides is 2. The van der Waals surface area contributed by atoms with Gasteiger partial charge in [0, 0.05) is 24.5 Å². The summed E-state index contributed by atoms with van der Waals surface area (Å²) in [6, 6.07) is 5.05. The first-order valence-electron chi connectivity index (χ1n) is 6.66. The molecule has 1 fully saturated rings. The number of likely N-dealkylation sites (N-methyl/N-ethyl adjacent to an activating group) is 1. The minimum Gasteiger partial charge on any atom is -0.357 e. The van der Waals surface area contributed by atoms with E-state index >= 15 is 0 Å². The fourth-order valence-corrected chi connectivity index (χ4v) is 2.69. The Morgan fingerprint density at radius 2 is 2.30 bits per heavy atom. The van der Waals surface area contributed by atoms with Gasteiger partial charge in [-0.05, 0) is 31.0 Å². The first-order valence-corrected chi connectivity index (χ1v) is 6.66. The summed E-state index contributed by atoms with van der Waals surface area (Å²) in [5, 5.41) is 10.3. The third kappa shape index (κ3) is 2.03.